The second-order valence-corrected chi connectivity index (χ2v) is 8.03. The topological polar surface area (TPSA) is 64.3 Å². The number of nitrogens with one attached hydrogen (secondary N) is 2. The summed E-state index contributed by atoms with van der Waals surface area (Å²) in [7, 11) is 1.83. The third-order valence-corrected chi connectivity index (χ3v) is 5.65. The number of aromatic amines is 1. The molecule has 0 spiro atoms. The maximum absolute atomic E-state index is 12.7. The Morgan fingerprint density at radius 3 is 2.63 bits per heavy atom. The van der Waals surface area contributed by atoms with Crippen LogP contribution in [0.2, 0.25) is 0 Å². The average Bonchev–Trinajstić information content (AvgIpc) is 3.38. The van der Waals surface area contributed by atoms with E-state index in [1.54, 1.807) is 4.90 Å². The van der Waals surface area contributed by atoms with Gasteiger partial charge in [0.15, 0.2) is 0 Å². The summed E-state index contributed by atoms with van der Waals surface area (Å²) in [5.74, 6) is 0. The number of likely N-dealkylation sites (tertiary alicyclic amines) is 1. The van der Waals surface area contributed by atoms with E-state index < -0.39 is 0 Å². The van der Waals surface area contributed by atoms with E-state index >= 15 is 0 Å². The van der Waals surface area contributed by atoms with Gasteiger partial charge in [0.1, 0.15) is 0 Å². The molecule has 27 heavy (non-hydrogen) atoms. The highest BCUT2D eigenvalue weighted by Gasteiger charge is 2.30. The summed E-state index contributed by atoms with van der Waals surface area (Å²) in [5, 5.41) is 10.6. The first-order valence-corrected chi connectivity index (χ1v) is 9.75. The van der Waals surface area contributed by atoms with Crippen LogP contribution < -0.4 is 5.32 Å². The van der Waals surface area contributed by atoms with Crippen molar-refractivity contribution < 1.29 is 4.79 Å². The van der Waals surface area contributed by atoms with E-state index in [9.17, 15) is 4.79 Å². The average molecular weight is 370 g/mol. The van der Waals surface area contributed by atoms with Crippen molar-refractivity contribution in [3.63, 3.8) is 0 Å². The summed E-state index contributed by atoms with van der Waals surface area (Å²) in [5.41, 5.74) is 2.85. The van der Waals surface area contributed by atoms with Gasteiger partial charge in [0.2, 0.25) is 0 Å². The van der Waals surface area contributed by atoms with E-state index in [4.69, 9.17) is 0 Å². The van der Waals surface area contributed by atoms with Crippen LogP contribution in [-0.2, 0) is 0 Å². The number of amides is 2. The van der Waals surface area contributed by atoms with Crippen LogP contribution in [0.5, 0.6) is 0 Å². The maximum Gasteiger partial charge on any atom is 0.317 e. The molecule has 1 aliphatic rings. The van der Waals surface area contributed by atoms with Crippen molar-refractivity contribution in [3.05, 3.63) is 42.1 Å². The predicted octanol–water partition coefficient (Wildman–Crippen LogP) is 3.65. The molecule has 1 aromatic heterocycles. The molecule has 6 nitrogen and oxygen atoms in total. The Balaban J connectivity index is 1.59. The van der Waals surface area contributed by atoms with Crippen LogP contribution in [0.25, 0.3) is 11.3 Å². The predicted molar refractivity (Wildman–Crippen MR) is 108 cm³/mol. The number of carbonyl (C=O) groups is 1. The minimum atomic E-state index is -0.0927. The molecule has 2 amide bonds. The lowest BCUT2D eigenvalue weighted by Gasteiger charge is -2.36. The highest BCUT2D eigenvalue weighted by atomic mass is 16.2. The molecule has 2 N–H and O–H groups in total. The van der Waals surface area contributed by atoms with Gasteiger partial charge in [-0.25, -0.2) is 4.79 Å². The molecule has 0 bridgehead atoms. The van der Waals surface area contributed by atoms with Crippen LogP contribution in [0.1, 0.15) is 45.3 Å². The molecule has 2 aromatic rings. The van der Waals surface area contributed by atoms with Gasteiger partial charge >= 0.3 is 6.03 Å². The molecule has 1 aliphatic heterocycles. The molecule has 1 saturated heterocycles. The fourth-order valence-corrected chi connectivity index (χ4v) is 3.54. The van der Waals surface area contributed by atoms with Crippen LogP contribution in [0, 0.1) is 0 Å². The van der Waals surface area contributed by atoms with Crippen molar-refractivity contribution in [1.82, 2.24) is 25.3 Å². The van der Waals surface area contributed by atoms with Crippen LogP contribution >= 0.6 is 0 Å². The molecule has 0 radical (unpaired) electrons. The minimum absolute atomic E-state index is 0.0231. The van der Waals surface area contributed by atoms with Gasteiger partial charge in [-0.2, -0.15) is 5.10 Å². The number of H-pyrrole nitrogens is 1. The lowest BCUT2D eigenvalue weighted by molar-refractivity contribution is 0.144. The normalized spacial score (nSPS) is 16.3. The van der Waals surface area contributed by atoms with Crippen LogP contribution in [0.3, 0.4) is 0 Å². The molecule has 0 saturated carbocycles. The third kappa shape index (κ3) is 4.50. The van der Waals surface area contributed by atoms with Crippen LogP contribution in [0.4, 0.5) is 4.79 Å². The second-order valence-electron chi connectivity index (χ2n) is 8.03. The molecule has 146 valence electrons. The van der Waals surface area contributed by atoms with E-state index in [2.05, 4.69) is 34.3 Å². The zero-order chi connectivity index (χ0) is 19.4. The number of urea groups is 1. The molecule has 0 aliphatic carbocycles. The number of nitrogens with zero attached hydrogens (tertiary/aromatic N) is 3. The number of hydrogen-bond donors (Lipinski definition) is 2. The number of hydrogen-bond acceptors (Lipinski definition) is 3. The van der Waals surface area contributed by atoms with Crippen molar-refractivity contribution >= 4 is 6.03 Å². The summed E-state index contributed by atoms with van der Waals surface area (Å²) in [6.45, 7) is 9.28. The van der Waals surface area contributed by atoms with Crippen molar-refractivity contribution in [3.8, 4) is 11.3 Å². The Labute approximate surface area is 161 Å². The summed E-state index contributed by atoms with van der Waals surface area (Å²) in [6, 6.07) is 11.9. The number of rotatable bonds is 6. The van der Waals surface area contributed by atoms with E-state index in [1.165, 1.54) is 12.8 Å². The maximum atomic E-state index is 12.7. The smallest absolute Gasteiger partial charge is 0.317 e. The first-order chi connectivity index (χ1) is 12.9. The highest BCUT2D eigenvalue weighted by Crippen LogP contribution is 2.24. The molecule has 2 heterocycles. The Kier molecular flexibility index (Phi) is 5.85. The lowest BCUT2D eigenvalue weighted by Crippen LogP contribution is -2.52. The molecular formula is C21H31N5O. The van der Waals surface area contributed by atoms with Gasteiger partial charge in [-0.05, 0) is 52.8 Å². The molecule has 1 aromatic carbocycles. The number of benzene rings is 1. The van der Waals surface area contributed by atoms with Crippen molar-refractivity contribution in [2.45, 2.75) is 45.2 Å². The summed E-state index contributed by atoms with van der Waals surface area (Å²) in [4.78, 5) is 16.8. The monoisotopic (exact) mass is 369 g/mol. The Morgan fingerprint density at radius 2 is 1.96 bits per heavy atom. The summed E-state index contributed by atoms with van der Waals surface area (Å²) < 4.78 is 0. The van der Waals surface area contributed by atoms with Gasteiger partial charge in [-0.15, -0.1) is 0 Å². The molecule has 0 unspecified atom stereocenters. The molecule has 1 fully saturated rings. The Bertz CT molecular complexity index is 749. The first-order valence-electron chi connectivity index (χ1n) is 9.75. The Morgan fingerprint density at radius 1 is 1.30 bits per heavy atom. The standard InChI is InChI=1S/C21H31N5O/c1-16(18-14-19(24-23-18)17-10-6-5-7-11-17)25(4)20(27)22-15-21(2,3)26-12-8-9-13-26/h5-7,10-11,14,16H,8-9,12-13,15H2,1-4H3,(H,22,27)(H,23,24)/t16-/m0/s1. The highest BCUT2D eigenvalue weighted by molar-refractivity contribution is 5.74. The van der Waals surface area contributed by atoms with E-state index in [0.717, 1.165) is 30.0 Å². The minimum Gasteiger partial charge on any atom is -0.336 e. The van der Waals surface area contributed by atoms with Crippen molar-refractivity contribution in [2.75, 3.05) is 26.7 Å². The first kappa shape index (κ1) is 19.4. The van der Waals surface area contributed by atoms with Gasteiger partial charge in [0.25, 0.3) is 0 Å². The number of carbonyl (C=O) groups excluding carboxylic acids is 1. The van der Waals surface area contributed by atoms with Gasteiger partial charge in [-0.3, -0.25) is 10.00 Å². The quantitative estimate of drug-likeness (QED) is 0.817. The SMILES string of the molecule is C[C@@H](c1cc(-c2ccccc2)n[nH]1)N(C)C(=O)NCC(C)(C)N1CCCC1. The molecule has 1 atom stereocenters. The lowest BCUT2D eigenvalue weighted by atomic mass is 10.0. The van der Waals surface area contributed by atoms with E-state index in [1.807, 2.05) is 50.4 Å². The summed E-state index contributed by atoms with van der Waals surface area (Å²) in [6.07, 6.45) is 2.50. The van der Waals surface area contributed by atoms with Crippen molar-refractivity contribution in [1.29, 1.82) is 0 Å². The zero-order valence-corrected chi connectivity index (χ0v) is 16.8. The van der Waals surface area contributed by atoms with Crippen LogP contribution in [0.15, 0.2) is 36.4 Å². The van der Waals surface area contributed by atoms with Crippen LogP contribution in [-0.4, -0.2) is 58.2 Å². The van der Waals surface area contributed by atoms with Gasteiger partial charge in [0, 0.05) is 24.7 Å². The van der Waals surface area contributed by atoms with Crippen molar-refractivity contribution in [2.24, 2.45) is 0 Å². The fraction of sp³-hybridized carbons (Fsp3) is 0.524. The van der Waals surface area contributed by atoms with Gasteiger partial charge in [-0.1, -0.05) is 30.3 Å². The molecule has 3 rings (SSSR count). The van der Waals surface area contributed by atoms with E-state index in [-0.39, 0.29) is 17.6 Å². The third-order valence-electron chi connectivity index (χ3n) is 5.65. The fourth-order valence-electron chi connectivity index (χ4n) is 3.54. The summed E-state index contributed by atoms with van der Waals surface area (Å²) >= 11 is 0. The van der Waals surface area contributed by atoms with Gasteiger partial charge in [0.05, 0.1) is 17.4 Å². The second kappa shape index (κ2) is 8.13. The molecular weight excluding hydrogens is 338 g/mol. The van der Waals surface area contributed by atoms with Gasteiger partial charge < -0.3 is 10.2 Å². The zero-order valence-electron chi connectivity index (χ0n) is 16.8. The van der Waals surface area contributed by atoms with E-state index in [0.29, 0.717) is 6.54 Å². The Hall–Kier alpha value is -2.34. The molecule has 6 heteroatoms. The number of aromatic nitrogens is 2. The largest absolute Gasteiger partial charge is 0.336 e.